The van der Waals surface area contributed by atoms with Gasteiger partial charge in [0.15, 0.2) is 11.5 Å². The highest BCUT2D eigenvalue weighted by atomic mass is 16.7. The predicted octanol–water partition coefficient (Wildman–Crippen LogP) is 2.99. The van der Waals surface area contributed by atoms with Gasteiger partial charge >= 0.3 is 0 Å². The number of aromatic nitrogens is 1. The molecule has 1 aromatic heterocycles. The van der Waals surface area contributed by atoms with Crippen LogP contribution in [0.15, 0.2) is 78.2 Å². The molecule has 0 atom stereocenters. The van der Waals surface area contributed by atoms with Crippen LogP contribution in [0.25, 0.3) is 0 Å². The van der Waals surface area contributed by atoms with Crippen molar-refractivity contribution in [3.05, 3.63) is 89.7 Å². The van der Waals surface area contributed by atoms with Crippen molar-refractivity contribution in [3.8, 4) is 11.5 Å². The van der Waals surface area contributed by atoms with E-state index in [-0.39, 0.29) is 12.7 Å². The summed E-state index contributed by atoms with van der Waals surface area (Å²) in [4.78, 5) is 16.5. The zero-order chi connectivity index (χ0) is 17.8. The number of hydrogen-bond acceptors (Lipinski definition) is 5. The number of ether oxygens (including phenoxy) is 2. The highest BCUT2D eigenvalue weighted by Gasteiger charge is 2.16. The fourth-order valence-corrected chi connectivity index (χ4v) is 2.61. The molecule has 1 N–H and O–H groups in total. The van der Waals surface area contributed by atoms with Crippen molar-refractivity contribution in [2.24, 2.45) is 5.10 Å². The monoisotopic (exact) mass is 345 g/mol. The number of benzene rings is 2. The Labute approximate surface area is 150 Å². The van der Waals surface area contributed by atoms with Gasteiger partial charge in [-0.1, -0.05) is 30.3 Å². The van der Waals surface area contributed by atoms with E-state index >= 15 is 0 Å². The van der Waals surface area contributed by atoms with Crippen molar-refractivity contribution in [1.82, 2.24) is 10.4 Å². The molecule has 0 unspecified atom stereocenters. The second-order valence-electron chi connectivity index (χ2n) is 5.57. The molecule has 26 heavy (non-hydrogen) atoms. The van der Waals surface area contributed by atoms with Crippen LogP contribution in [0.1, 0.15) is 21.5 Å². The fourth-order valence-electron chi connectivity index (χ4n) is 2.61. The van der Waals surface area contributed by atoms with E-state index in [2.05, 4.69) is 15.5 Å². The number of hydrogen-bond donors (Lipinski definition) is 1. The molecule has 4 rings (SSSR count). The first kappa shape index (κ1) is 15.8. The number of pyridine rings is 1. The minimum Gasteiger partial charge on any atom is -0.454 e. The third kappa shape index (κ3) is 3.25. The van der Waals surface area contributed by atoms with Gasteiger partial charge in [0.05, 0.1) is 5.71 Å². The zero-order valence-corrected chi connectivity index (χ0v) is 13.8. The van der Waals surface area contributed by atoms with Gasteiger partial charge in [0.1, 0.15) is 0 Å². The highest BCUT2D eigenvalue weighted by molar-refractivity contribution is 6.13. The molecule has 2 aromatic carbocycles. The zero-order valence-electron chi connectivity index (χ0n) is 13.8. The van der Waals surface area contributed by atoms with Gasteiger partial charge in [0.2, 0.25) is 6.79 Å². The summed E-state index contributed by atoms with van der Waals surface area (Å²) < 4.78 is 10.6. The molecule has 128 valence electrons. The standard InChI is InChI=1S/C20H15N3O3/c24-20(16-6-7-17-18(12-16)26-13-25-17)23-22-19(14-4-2-1-3-5-14)15-8-10-21-11-9-15/h1-12H,13H2,(H,23,24). The summed E-state index contributed by atoms with van der Waals surface area (Å²) in [6.07, 6.45) is 3.38. The van der Waals surface area contributed by atoms with Crippen molar-refractivity contribution in [2.45, 2.75) is 0 Å². The van der Waals surface area contributed by atoms with Gasteiger partial charge < -0.3 is 9.47 Å². The number of carbonyl (C=O) groups is 1. The van der Waals surface area contributed by atoms with Crippen LogP contribution >= 0.6 is 0 Å². The number of nitrogens with one attached hydrogen (secondary N) is 1. The second kappa shape index (κ2) is 7.06. The van der Waals surface area contributed by atoms with Gasteiger partial charge in [-0.15, -0.1) is 0 Å². The number of amides is 1. The third-order valence-corrected chi connectivity index (χ3v) is 3.90. The molecular weight excluding hydrogens is 330 g/mol. The number of nitrogens with zero attached hydrogens (tertiary/aromatic N) is 2. The first-order chi connectivity index (χ1) is 12.8. The minimum atomic E-state index is -0.328. The third-order valence-electron chi connectivity index (χ3n) is 3.90. The second-order valence-corrected chi connectivity index (χ2v) is 5.57. The van der Waals surface area contributed by atoms with E-state index in [1.165, 1.54) is 0 Å². The summed E-state index contributed by atoms with van der Waals surface area (Å²) in [6, 6.07) is 18.4. The lowest BCUT2D eigenvalue weighted by molar-refractivity contribution is 0.0954. The number of rotatable bonds is 4. The summed E-state index contributed by atoms with van der Waals surface area (Å²) >= 11 is 0. The van der Waals surface area contributed by atoms with Gasteiger partial charge in [-0.25, -0.2) is 5.43 Å². The molecule has 1 amide bonds. The Hall–Kier alpha value is -3.67. The quantitative estimate of drug-likeness (QED) is 0.583. The molecule has 3 aromatic rings. The lowest BCUT2D eigenvalue weighted by Gasteiger charge is -2.08. The summed E-state index contributed by atoms with van der Waals surface area (Å²) in [5, 5.41) is 4.35. The van der Waals surface area contributed by atoms with Crippen LogP contribution in [-0.2, 0) is 0 Å². The van der Waals surface area contributed by atoms with Crippen LogP contribution in [0.4, 0.5) is 0 Å². The fraction of sp³-hybridized carbons (Fsp3) is 0.0500. The highest BCUT2D eigenvalue weighted by Crippen LogP contribution is 2.32. The van der Waals surface area contributed by atoms with E-state index in [0.29, 0.717) is 22.8 Å². The van der Waals surface area contributed by atoms with E-state index in [0.717, 1.165) is 11.1 Å². The summed E-state index contributed by atoms with van der Waals surface area (Å²) in [7, 11) is 0. The van der Waals surface area contributed by atoms with Crippen molar-refractivity contribution >= 4 is 11.6 Å². The molecule has 6 heteroatoms. The molecule has 0 fully saturated rings. The molecule has 6 nitrogen and oxygen atoms in total. The van der Waals surface area contributed by atoms with Crippen molar-refractivity contribution in [2.75, 3.05) is 6.79 Å². The van der Waals surface area contributed by atoms with Gasteiger partial charge in [-0.2, -0.15) is 5.10 Å². The smallest absolute Gasteiger partial charge is 0.271 e. The molecule has 0 aliphatic carbocycles. The Morgan fingerprint density at radius 2 is 1.62 bits per heavy atom. The Balaban J connectivity index is 1.62. The maximum Gasteiger partial charge on any atom is 0.271 e. The average Bonchev–Trinajstić information content (AvgIpc) is 3.17. The number of fused-ring (bicyclic) bond motifs is 1. The Morgan fingerprint density at radius 3 is 2.42 bits per heavy atom. The van der Waals surface area contributed by atoms with Crippen molar-refractivity contribution in [1.29, 1.82) is 0 Å². The normalized spacial score (nSPS) is 12.7. The number of carbonyl (C=O) groups excluding carboxylic acids is 1. The topological polar surface area (TPSA) is 72.8 Å². The van der Waals surface area contributed by atoms with Crippen molar-refractivity contribution < 1.29 is 14.3 Å². The van der Waals surface area contributed by atoms with Crippen LogP contribution in [0.2, 0.25) is 0 Å². The summed E-state index contributed by atoms with van der Waals surface area (Å²) in [5.41, 5.74) is 5.47. The number of hydrazone groups is 1. The first-order valence-electron chi connectivity index (χ1n) is 8.05. The van der Waals surface area contributed by atoms with Crippen molar-refractivity contribution in [3.63, 3.8) is 0 Å². The average molecular weight is 345 g/mol. The van der Waals surface area contributed by atoms with E-state index in [4.69, 9.17) is 9.47 Å². The minimum absolute atomic E-state index is 0.165. The molecule has 0 saturated carbocycles. The molecular formula is C20H15N3O3. The lowest BCUT2D eigenvalue weighted by Crippen LogP contribution is -2.20. The van der Waals surface area contributed by atoms with E-state index < -0.39 is 0 Å². The first-order valence-corrected chi connectivity index (χ1v) is 8.05. The SMILES string of the molecule is O=C(NN=C(c1ccccc1)c1ccncc1)c1ccc2c(c1)OCO2. The molecule has 0 radical (unpaired) electrons. The molecule has 1 aliphatic heterocycles. The Morgan fingerprint density at radius 1 is 0.885 bits per heavy atom. The van der Waals surface area contributed by atoms with Crippen LogP contribution in [-0.4, -0.2) is 23.4 Å². The maximum absolute atomic E-state index is 12.5. The van der Waals surface area contributed by atoms with Crippen LogP contribution < -0.4 is 14.9 Å². The molecule has 0 bridgehead atoms. The van der Waals surface area contributed by atoms with E-state index in [1.807, 2.05) is 42.5 Å². The van der Waals surface area contributed by atoms with Crippen LogP contribution in [0.5, 0.6) is 11.5 Å². The van der Waals surface area contributed by atoms with Gasteiger partial charge in [-0.3, -0.25) is 9.78 Å². The Kier molecular flexibility index (Phi) is 4.30. The van der Waals surface area contributed by atoms with E-state index in [9.17, 15) is 4.79 Å². The molecule has 0 spiro atoms. The van der Waals surface area contributed by atoms with E-state index in [1.54, 1.807) is 30.6 Å². The lowest BCUT2D eigenvalue weighted by atomic mass is 10.0. The van der Waals surface area contributed by atoms with Gasteiger partial charge in [-0.05, 0) is 30.3 Å². The maximum atomic E-state index is 12.5. The Bertz CT molecular complexity index is 915. The van der Waals surface area contributed by atoms with Crippen LogP contribution in [0.3, 0.4) is 0 Å². The molecule has 0 saturated heterocycles. The van der Waals surface area contributed by atoms with Gasteiger partial charge in [0, 0.05) is 29.1 Å². The predicted molar refractivity (Wildman–Crippen MR) is 96.3 cm³/mol. The molecule has 1 aliphatic rings. The van der Waals surface area contributed by atoms with Crippen LogP contribution in [0, 0.1) is 0 Å². The summed E-state index contributed by atoms with van der Waals surface area (Å²) in [5.74, 6) is 0.858. The largest absolute Gasteiger partial charge is 0.454 e. The molecule has 2 heterocycles. The van der Waals surface area contributed by atoms with Gasteiger partial charge in [0.25, 0.3) is 5.91 Å². The summed E-state index contributed by atoms with van der Waals surface area (Å²) in [6.45, 7) is 0.165.